The predicted molar refractivity (Wildman–Crippen MR) is 79.3 cm³/mol. The van der Waals surface area contributed by atoms with Crippen molar-refractivity contribution in [1.82, 2.24) is 19.7 Å². The highest BCUT2D eigenvalue weighted by molar-refractivity contribution is 5.20. The van der Waals surface area contributed by atoms with Gasteiger partial charge in [-0.1, -0.05) is 19.1 Å². The van der Waals surface area contributed by atoms with Gasteiger partial charge in [0.05, 0.1) is 6.04 Å². The molecule has 2 heterocycles. The van der Waals surface area contributed by atoms with E-state index in [9.17, 15) is 4.39 Å². The van der Waals surface area contributed by atoms with Gasteiger partial charge in [0.2, 0.25) is 0 Å². The van der Waals surface area contributed by atoms with Crippen LogP contribution in [0.15, 0.2) is 36.9 Å². The molecule has 1 atom stereocenters. The summed E-state index contributed by atoms with van der Waals surface area (Å²) in [6, 6.07) is 7.76. The third kappa shape index (κ3) is 3.13. The molecule has 0 unspecified atom stereocenters. The minimum Gasteiger partial charge on any atom is -0.296 e. The summed E-state index contributed by atoms with van der Waals surface area (Å²) in [7, 11) is 0. The fourth-order valence-electron chi connectivity index (χ4n) is 3.26. The van der Waals surface area contributed by atoms with Crippen LogP contribution in [-0.2, 0) is 0 Å². The molecule has 2 aromatic rings. The van der Waals surface area contributed by atoms with Crippen molar-refractivity contribution in [3.05, 3.63) is 48.3 Å². The van der Waals surface area contributed by atoms with Crippen molar-refractivity contribution in [2.24, 2.45) is 0 Å². The lowest BCUT2D eigenvalue weighted by Crippen LogP contribution is -2.37. The standard InChI is InChI=1S/C16H21FN4/c1-2-16(13-3-5-14(17)6-4-13)20-9-7-15(8-10-20)21-12-18-11-19-21/h3-6,11-12,15-16H,2,7-10H2,1H3/t16-/m1/s1. The van der Waals surface area contributed by atoms with E-state index in [1.807, 2.05) is 16.8 Å². The Morgan fingerprint density at radius 3 is 2.52 bits per heavy atom. The van der Waals surface area contributed by atoms with Gasteiger partial charge in [-0.2, -0.15) is 5.10 Å². The van der Waals surface area contributed by atoms with Gasteiger partial charge >= 0.3 is 0 Å². The molecule has 21 heavy (non-hydrogen) atoms. The van der Waals surface area contributed by atoms with Crippen molar-refractivity contribution in [2.45, 2.75) is 38.3 Å². The molecule has 1 aliphatic rings. The van der Waals surface area contributed by atoms with Gasteiger partial charge in [-0.3, -0.25) is 4.90 Å². The molecule has 0 aliphatic carbocycles. The van der Waals surface area contributed by atoms with Crippen LogP contribution in [0.5, 0.6) is 0 Å². The van der Waals surface area contributed by atoms with E-state index in [0.717, 1.165) is 32.4 Å². The summed E-state index contributed by atoms with van der Waals surface area (Å²) in [6.07, 6.45) is 6.61. The lowest BCUT2D eigenvalue weighted by molar-refractivity contribution is 0.127. The molecule has 3 rings (SSSR count). The first kappa shape index (κ1) is 14.2. The van der Waals surface area contributed by atoms with Crippen molar-refractivity contribution in [2.75, 3.05) is 13.1 Å². The van der Waals surface area contributed by atoms with Crippen molar-refractivity contribution >= 4 is 0 Å². The van der Waals surface area contributed by atoms with Crippen molar-refractivity contribution in [3.63, 3.8) is 0 Å². The number of aromatic nitrogens is 3. The molecular formula is C16H21FN4. The maximum Gasteiger partial charge on any atom is 0.137 e. The van der Waals surface area contributed by atoms with Gasteiger partial charge in [-0.15, -0.1) is 0 Å². The molecule has 4 nitrogen and oxygen atoms in total. The zero-order valence-corrected chi connectivity index (χ0v) is 12.3. The summed E-state index contributed by atoms with van der Waals surface area (Å²) < 4.78 is 15.0. The van der Waals surface area contributed by atoms with Gasteiger partial charge in [0.25, 0.3) is 0 Å². The van der Waals surface area contributed by atoms with Gasteiger partial charge in [0.1, 0.15) is 18.5 Å². The average Bonchev–Trinajstić information content (AvgIpc) is 3.05. The number of halogens is 1. The van der Waals surface area contributed by atoms with Crippen LogP contribution in [-0.4, -0.2) is 32.8 Å². The molecular weight excluding hydrogens is 267 g/mol. The minimum atomic E-state index is -0.168. The number of hydrogen-bond donors (Lipinski definition) is 0. The van der Waals surface area contributed by atoms with Crippen molar-refractivity contribution < 1.29 is 4.39 Å². The van der Waals surface area contributed by atoms with E-state index in [4.69, 9.17) is 0 Å². The molecule has 1 fully saturated rings. The topological polar surface area (TPSA) is 34.0 Å². The number of rotatable bonds is 4. The highest BCUT2D eigenvalue weighted by Gasteiger charge is 2.26. The van der Waals surface area contributed by atoms with Gasteiger partial charge in [0, 0.05) is 19.1 Å². The van der Waals surface area contributed by atoms with E-state index in [2.05, 4.69) is 21.9 Å². The first-order valence-corrected chi connectivity index (χ1v) is 7.61. The largest absolute Gasteiger partial charge is 0.296 e. The Labute approximate surface area is 124 Å². The summed E-state index contributed by atoms with van der Waals surface area (Å²) in [5.41, 5.74) is 1.21. The molecule has 0 saturated carbocycles. The van der Waals surface area contributed by atoms with Crippen LogP contribution in [0.3, 0.4) is 0 Å². The molecule has 112 valence electrons. The lowest BCUT2D eigenvalue weighted by Gasteiger charge is -2.37. The van der Waals surface area contributed by atoms with Crippen LogP contribution in [0, 0.1) is 5.82 Å². The maximum absolute atomic E-state index is 13.1. The Hall–Kier alpha value is -1.75. The molecule has 0 bridgehead atoms. The van der Waals surface area contributed by atoms with Gasteiger partial charge in [-0.25, -0.2) is 14.1 Å². The van der Waals surface area contributed by atoms with E-state index >= 15 is 0 Å². The first-order chi connectivity index (χ1) is 10.3. The second-order valence-corrected chi connectivity index (χ2v) is 5.62. The van der Waals surface area contributed by atoms with E-state index in [1.54, 1.807) is 24.8 Å². The number of likely N-dealkylation sites (tertiary alicyclic amines) is 1. The Morgan fingerprint density at radius 2 is 1.95 bits per heavy atom. The van der Waals surface area contributed by atoms with Crippen LogP contribution >= 0.6 is 0 Å². The second-order valence-electron chi connectivity index (χ2n) is 5.62. The molecule has 0 N–H and O–H groups in total. The summed E-state index contributed by atoms with van der Waals surface area (Å²) in [5, 5.41) is 4.24. The van der Waals surface area contributed by atoms with E-state index in [-0.39, 0.29) is 5.82 Å². The SMILES string of the molecule is CC[C@H](c1ccc(F)cc1)N1CCC(n2cncn2)CC1. The molecule has 0 spiro atoms. The Morgan fingerprint density at radius 1 is 1.24 bits per heavy atom. The van der Waals surface area contributed by atoms with E-state index < -0.39 is 0 Å². The van der Waals surface area contributed by atoms with Gasteiger partial charge in [-0.05, 0) is 37.0 Å². The van der Waals surface area contributed by atoms with Crippen molar-refractivity contribution in [1.29, 1.82) is 0 Å². The van der Waals surface area contributed by atoms with E-state index in [1.165, 1.54) is 5.56 Å². The number of piperidine rings is 1. The highest BCUT2D eigenvalue weighted by Crippen LogP contribution is 2.30. The van der Waals surface area contributed by atoms with E-state index in [0.29, 0.717) is 12.1 Å². The van der Waals surface area contributed by atoms with Gasteiger partial charge < -0.3 is 0 Å². The highest BCUT2D eigenvalue weighted by atomic mass is 19.1. The maximum atomic E-state index is 13.1. The van der Waals surface area contributed by atoms with Crippen LogP contribution in [0.25, 0.3) is 0 Å². The number of hydrogen-bond acceptors (Lipinski definition) is 3. The summed E-state index contributed by atoms with van der Waals surface area (Å²) in [6.45, 7) is 4.28. The fourth-order valence-corrected chi connectivity index (χ4v) is 3.26. The summed E-state index contributed by atoms with van der Waals surface area (Å²) in [4.78, 5) is 6.53. The predicted octanol–water partition coefficient (Wildman–Crippen LogP) is 3.21. The average molecular weight is 288 g/mol. The molecule has 5 heteroatoms. The Balaban J connectivity index is 1.65. The zero-order chi connectivity index (χ0) is 14.7. The molecule has 1 aliphatic heterocycles. The Bertz CT molecular complexity index is 544. The normalized spacial score (nSPS) is 18.8. The molecule has 1 aromatic heterocycles. The van der Waals surface area contributed by atoms with Crippen LogP contribution in [0.1, 0.15) is 43.8 Å². The number of benzene rings is 1. The van der Waals surface area contributed by atoms with Gasteiger partial charge in [0.15, 0.2) is 0 Å². The quantitative estimate of drug-likeness (QED) is 0.866. The molecule has 1 aromatic carbocycles. The minimum absolute atomic E-state index is 0.168. The molecule has 0 radical (unpaired) electrons. The van der Waals surface area contributed by atoms with Crippen LogP contribution in [0.2, 0.25) is 0 Å². The smallest absolute Gasteiger partial charge is 0.137 e. The lowest BCUT2D eigenvalue weighted by atomic mass is 9.98. The number of nitrogens with zero attached hydrogens (tertiary/aromatic N) is 4. The fraction of sp³-hybridized carbons (Fsp3) is 0.500. The zero-order valence-electron chi connectivity index (χ0n) is 12.3. The molecule has 1 saturated heterocycles. The summed E-state index contributed by atoms with van der Waals surface area (Å²) >= 11 is 0. The monoisotopic (exact) mass is 288 g/mol. The molecule has 0 amide bonds. The second kappa shape index (κ2) is 6.35. The third-order valence-electron chi connectivity index (χ3n) is 4.39. The Kier molecular flexibility index (Phi) is 4.29. The first-order valence-electron chi connectivity index (χ1n) is 7.61. The summed E-state index contributed by atoms with van der Waals surface area (Å²) in [5.74, 6) is -0.168. The van der Waals surface area contributed by atoms with Crippen LogP contribution in [0.4, 0.5) is 4.39 Å². The van der Waals surface area contributed by atoms with Crippen molar-refractivity contribution in [3.8, 4) is 0 Å². The van der Waals surface area contributed by atoms with Crippen LogP contribution < -0.4 is 0 Å². The third-order valence-corrected chi connectivity index (χ3v) is 4.39.